The fraction of sp³-hybridized carbons (Fsp3) is 0.176. The molecular weight excluding hydrogens is 349 g/mol. The Morgan fingerprint density at radius 3 is 2.77 bits per heavy atom. The van der Waals surface area contributed by atoms with Gasteiger partial charge in [-0.15, -0.1) is 0 Å². The molecule has 0 aliphatic carbocycles. The average molecular weight is 362 g/mol. The molecule has 6 nitrogen and oxygen atoms in total. The number of aromatic nitrogens is 2. The first kappa shape index (κ1) is 16.2. The maximum Gasteiger partial charge on any atom is 0.427 e. The Labute approximate surface area is 145 Å². The van der Waals surface area contributed by atoms with E-state index >= 15 is 0 Å². The van der Waals surface area contributed by atoms with E-state index in [1.165, 1.54) is 11.0 Å². The van der Waals surface area contributed by atoms with Crippen molar-refractivity contribution >= 4 is 28.3 Å². The molecule has 26 heavy (non-hydrogen) atoms. The van der Waals surface area contributed by atoms with Crippen molar-refractivity contribution in [3.63, 3.8) is 0 Å². The van der Waals surface area contributed by atoms with Crippen LogP contribution in [0.2, 0.25) is 0 Å². The van der Waals surface area contributed by atoms with Crippen LogP contribution in [0.4, 0.5) is 24.5 Å². The first-order valence-corrected chi connectivity index (χ1v) is 7.72. The molecule has 0 saturated heterocycles. The second-order valence-corrected chi connectivity index (χ2v) is 5.87. The summed E-state index contributed by atoms with van der Waals surface area (Å²) in [5.41, 5.74) is 6.54. The maximum absolute atomic E-state index is 13.4. The Morgan fingerprint density at radius 2 is 2.04 bits per heavy atom. The van der Waals surface area contributed by atoms with E-state index in [9.17, 15) is 18.0 Å². The average Bonchev–Trinajstić information content (AvgIpc) is 3.05. The number of amides is 1. The normalized spacial score (nSPS) is 17.0. The van der Waals surface area contributed by atoms with Crippen molar-refractivity contribution in [2.75, 3.05) is 11.4 Å². The Morgan fingerprint density at radius 1 is 1.27 bits per heavy atom. The van der Waals surface area contributed by atoms with Crippen molar-refractivity contribution in [1.29, 1.82) is 0 Å². The zero-order valence-corrected chi connectivity index (χ0v) is 13.2. The lowest BCUT2D eigenvalue weighted by atomic mass is 10.1. The van der Waals surface area contributed by atoms with Gasteiger partial charge in [-0.3, -0.25) is 4.79 Å². The van der Waals surface area contributed by atoms with E-state index in [0.29, 0.717) is 16.7 Å². The van der Waals surface area contributed by atoms with E-state index in [1.807, 2.05) is 0 Å². The van der Waals surface area contributed by atoms with Crippen LogP contribution in [-0.4, -0.2) is 34.7 Å². The summed E-state index contributed by atoms with van der Waals surface area (Å²) in [6.07, 6.45) is -5.05. The highest BCUT2D eigenvalue weighted by atomic mass is 19.4. The largest absolute Gasteiger partial charge is 0.461 e. The summed E-state index contributed by atoms with van der Waals surface area (Å²) in [5.74, 6) is -0.888. The number of hydrogen-bond donors (Lipinski definition) is 2. The van der Waals surface area contributed by atoms with Crippen LogP contribution >= 0.6 is 0 Å². The standard InChI is InChI=1S/C17H13F3N4O2/c18-17(19,20)13-8-24(11-4-2-1-3-10(11)14(21)25)12-7-9-5-6-22-15(9)23-16(12)26-13/h1-7,13H,8H2,(H2,21,25)(H,22,23). The highest BCUT2D eigenvalue weighted by Gasteiger charge is 2.47. The molecule has 1 unspecified atom stereocenters. The number of ether oxygens (including phenoxy) is 1. The summed E-state index contributed by atoms with van der Waals surface area (Å²) >= 11 is 0. The second kappa shape index (κ2) is 5.65. The van der Waals surface area contributed by atoms with Crippen LogP contribution in [0.15, 0.2) is 42.6 Å². The lowest BCUT2D eigenvalue weighted by Crippen LogP contribution is -2.47. The minimum Gasteiger partial charge on any atom is -0.461 e. The van der Waals surface area contributed by atoms with Crippen molar-refractivity contribution < 1.29 is 22.7 Å². The fourth-order valence-corrected chi connectivity index (χ4v) is 2.99. The van der Waals surface area contributed by atoms with E-state index < -0.39 is 24.7 Å². The molecule has 3 aromatic rings. The summed E-state index contributed by atoms with van der Waals surface area (Å²) in [7, 11) is 0. The number of para-hydroxylation sites is 1. The molecular formula is C17H13F3N4O2. The number of benzene rings is 1. The topological polar surface area (TPSA) is 84.2 Å². The smallest absolute Gasteiger partial charge is 0.427 e. The molecule has 0 radical (unpaired) electrons. The number of anilines is 2. The molecule has 9 heteroatoms. The number of H-pyrrole nitrogens is 1. The molecule has 1 aliphatic heterocycles. The summed E-state index contributed by atoms with van der Waals surface area (Å²) < 4.78 is 45.2. The number of rotatable bonds is 2. The summed E-state index contributed by atoms with van der Waals surface area (Å²) in [5, 5.41) is 0.708. The van der Waals surface area contributed by atoms with Crippen LogP contribution in [0, 0.1) is 0 Å². The number of carbonyl (C=O) groups excluding carboxylic acids is 1. The number of pyridine rings is 1. The van der Waals surface area contributed by atoms with E-state index in [2.05, 4.69) is 9.97 Å². The maximum atomic E-state index is 13.4. The zero-order valence-electron chi connectivity index (χ0n) is 13.2. The van der Waals surface area contributed by atoms with Gasteiger partial charge in [0.2, 0.25) is 12.0 Å². The molecule has 2 aromatic heterocycles. The molecule has 1 amide bonds. The van der Waals surface area contributed by atoms with Crippen LogP contribution in [0.1, 0.15) is 10.4 Å². The van der Waals surface area contributed by atoms with Gasteiger partial charge >= 0.3 is 6.18 Å². The lowest BCUT2D eigenvalue weighted by molar-refractivity contribution is -0.193. The van der Waals surface area contributed by atoms with E-state index in [4.69, 9.17) is 10.5 Å². The number of halogens is 3. The van der Waals surface area contributed by atoms with Gasteiger partial charge in [-0.05, 0) is 24.3 Å². The summed E-state index contributed by atoms with van der Waals surface area (Å²) in [4.78, 5) is 20.1. The minimum absolute atomic E-state index is 0.121. The predicted molar refractivity (Wildman–Crippen MR) is 88.5 cm³/mol. The molecule has 4 rings (SSSR count). The molecule has 1 aromatic carbocycles. The Kier molecular flexibility index (Phi) is 3.53. The predicted octanol–water partition coefficient (Wildman–Crippen LogP) is 3.12. The quantitative estimate of drug-likeness (QED) is 0.734. The van der Waals surface area contributed by atoms with Crippen LogP contribution in [-0.2, 0) is 0 Å². The molecule has 0 spiro atoms. The second-order valence-electron chi connectivity index (χ2n) is 5.87. The molecule has 3 N–H and O–H groups in total. The number of nitrogens with two attached hydrogens (primary N) is 1. The van der Waals surface area contributed by atoms with Gasteiger partial charge in [0.25, 0.3) is 5.91 Å². The van der Waals surface area contributed by atoms with Crippen LogP contribution in [0.25, 0.3) is 11.0 Å². The third-order valence-electron chi connectivity index (χ3n) is 4.20. The van der Waals surface area contributed by atoms with Crippen LogP contribution in [0.5, 0.6) is 5.88 Å². The van der Waals surface area contributed by atoms with Gasteiger partial charge in [0.15, 0.2) is 0 Å². The van der Waals surface area contributed by atoms with Gasteiger partial charge in [-0.1, -0.05) is 12.1 Å². The van der Waals surface area contributed by atoms with Gasteiger partial charge in [-0.25, -0.2) is 0 Å². The van der Waals surface area contributed by atoms with Crippen LogP contribution in [0.3, 0.4) is 0 Å². The summed E-state index contributed by atoms with van der Waals surface area (Å²) in [6.45, 7) is -0.515. The number of primary amides is 1. The van der Waals surface area contributed by atoms with Gasteiger partial charge in [0.1, 0.15) is 11.3 Å². The number of nitrogens with zero attached hydrogens (tertiary/aromatic N) is 2. The van der Waals surface area contributed by atoms with Gasteiger partial charge < -0.3 is 20.4 Å². The first-order valence-electron chi connectivity index (χ1n) is 7.72. The molecule has 3 heterocycles. The molecule has 1 aliphatic rings. The Bertz CT molecular complexity index is 999. The van der Waals surface area contributed by atoms with E-state index in [0.717, 1.165) is 0 Å². The SMILES string of the molecule is NC(=O)c1ccccc1N1CC(C(F)(F)F)Oc2nc3[nH]ccc3cc21. The van der Waals surface area contributed by atoms with E-state index in [-0.39, 0.29) is 17.1 Å². The van der Waals surface area contributed by atoms with E-state index in [1.54, 1.807) is 36.5 Å². The van der Waals surface area contributed by atoms with Crippen molar-refractivity contribution in [3.05, 3.63) is 48.2 Å². The Balaban J connectivity index is 1.92. The number of alkyl halides is 3. The van der Waals surface area contributed by atoms with Gasteiger partial charge in [0, 0.05) is 11.6 Å². The van der Waals surface area contributed by atoms with Crippen molar-refractivity contribution in [1.82, 2.24) is 9.97 Å². The number of nitrogens with one attached hydrogen (secondary N) is 1. The number of hydrogen-bond acceptors (Lipinski definition) is 4. The zero-order chi connectivity index (χ0) is 18.5. The highest BCUT2D eigenvalue weighted by molar-refractivity contribution is 6.00. The monoisotopic (exact) mass is 362 g/mol. The van der Waals surface area contributed by atoms with Gasteiger partial charge in [0.05, 0.1) is 17.8 Å². The lowest BCUT2D eigenvalue weighted by Gasteiger charge is -2.36. The minimum atomic E-state index is -4.59. The van der Waals surface area contributed by atoms with Gasteiger partial charge in [-0.2, -0.15) is 18.2 Å². The number of aromatic amines is 1. The molecule has 1 atom stereocenters. The third kappa shape index (κ3) is 2.61. The summed E-state index contributed by atoms with van der Waals surface area (Å²) in [6, 6.07) is 9.65. The fourth-order valence-electron chi connectivity index (χ4n) is 2.99. The highest BCUT2D eigenvalue weighted by Crippen LogP contribution is 2.42. The number of carbonyl (C=O) groups is 1. The third-order valence-corrected chi connectivity index (χ3v) is 4.20. The number of fused-ring (bicyclic) bond motifs is 2. The molecule has 0 fully saturated rings. The molecule has 134 valence electrons. The molecule has 0 bridgehead atoms. The van der Waals surface area contributed by atoms with Crippen LogP contribution < -0.4 is 15.4 Å². The Hall–Kier alpha value is -3.23. The van der Waals surface area contributed by atoms with Crippen molar-refractivity contribution in [2.24, 2.45) is 5.73 Å². The van der Waals surface area contributed by atoms with Crippen molar-refractivity contribution in [3.8, 4) is 5.88 Å². The van der Waals surface area contributed by atoms with Crippen molar-refractivity contribution in [2.45, 2.75) is 12.3 Å². The molecule has 0 saturated carbocycles. The first-order chi connectivity index (χ1) is 12.3.